The molecule has 0 radical (unpaired) electrons. The Morgan fingerprint density at radius 2 is 0.304 bits per heavy atom. The molecule has 0 aromatic heterocycles. The third-order valence-electron chi connectivity index (χ3n) is 15.3. The number of methoxy groups -OCH3 is 4. The van der Waals surface area contributed by atoms with Gasteiger partial charge in [-0.2, -0.15) is 0 Å². The fraction of sp³-hybridized carbons (Fsp3) is 0.0476. The van der Waals surface area contributed by atoms with Crippen LogP contribution in [0.4, 0.5) is 0 Å². The molecule has 0 spiro atoms. The Kier molecular flexibility index (Phi) is 52.2. The number of ether oxygens (including phenoxy) is 4. The number of nitrogens with one attached hydrogen (secondary N) is 4. The minimum absolute atomic E-state index is 0. The summed E-state index contributed by atoms with van der Waals surface area (Å²) in [5, 5.41) is 30.4. The van der Waals surface area contributed by atoms with Crippen LogP contribution in [0.5, 0.6) is 0 Å². The molecule has 0 saturated carbocycles. The van der Waals surface area contributed by atoms with E-state index in [1.165, 1.54) is 50.6 Å². The van der Waals surface area contributed by atoms with E-state index < -0.39 is 154 Å². The number of hydrogen-bond acceptors (Lipinski definition) is 16. The van der Waals surface area contributed by atoms with Crippen molar-refractivity contribution in [1.82, 2.24) is 21.9 Å². The first-order valence-electron chi connectivity index (χ1n) is 34.3. The van der Waals surface area contributed by atoms with Gasteiger partial charge in [0, 0.05) is 0 Å². The van der Waals surface area contributed by atoms with Crippen molar-refractivity contribution in [2.75, 3.05) is 28.4 Å². The molecule has 0 unspecified atom stereocenters. The van der Waals surface area contributed by atoms with Crippen molar-refractivity contribution in [1.29, 1.82) is 0 Å². The van der Waals surface area contributed by atoms with Crippen molar-refractivity contribution in [3.63, 3.8) is 0 Å². The summed E-state index contributed by atoms with van der Waals surface area (Å²) in [4.78, 5) is 92.2. The molecule has 125 heavy (non-hydrogen) atoms. The summed E-state index contributed by atoms with van der Waals surface area (Å²) in [6.45, 7) is 0. The van der Waals surface area contributed by atoms with Gasteiger partial charge in [-0.15, -0.1) is 0 Å². The number of rotatable bonds is 16. The van der Waals surface area contributed by atoms with Gasteiger partial charge in [0.25, 0.3) is 23.6 Å². The SMILES string of the molecule is COC(=O)c1c(Cl)c(Cl)c(Cl)c(Cl)c1C(=O)NO.COC(=O)c1c(Cl)c(Cl)c(Cl)c(Cl)c1C(=O)NO.COC(=O)c1c(Cl)c(Cl)c(Cl)c(Cl)c1C(=O)NO.COC(=O)c1c(Cl)c(Cl)c(Cl)c(Cl)c1C(=O)NO.[O-2].c1cc[c]([Sn+2][c]2ccccc2)cc1.c1cc[c]([Sn+2][c]2ccccc2)cc1.c1cc[c]([Sn+2][c]2ccccc2)cc1.c1cc[c]([Sn+2][c]2ccccc2)cc1. The summed E-state index contributed by atoms with van der Waals surface area (Å²) in [5.74, 6) is -8.06. The number of hydrogen-bond donors (Lipinski definition) is 8. The molecule has 0 fully saturated rings. The van der Waals surface area contributed by atoms with Crippen LogP contribution in [0.15, 0.2) is 243 Å². The van der Waals surface area contributed by atoms with Gasteiger partial charge in [0.1, 0.15) is 0 Å². The number of benzene rings is 12. The predicted molar refractivity (Wildman–Crippen MR) is 501 cm³/mol. The molecule has 0 heterocycles. The van der Waals surface area contributed by atoms with Gasteiger partial charge in [-0.3, -0.25) is 40.0 Å². The summed E-state index contributed by atoms with van der Waals surface area (Å²) in [5.41, 5.74) is 2.06. The summed E-state index contributed by atoms with van der Waals surface area (Å²) < 4.78 is 30.1. The molecule has 41 heteroatoms. The third-order valence-corrected chi connectivity index (χ3v) is 36.7. The Hall–Kier alpha value is -5.97. The molecular weight excluding hydrogens is 2380 g/mol. The average molecular weight is 2440 g/mol. The zero-order valence-corrected chi connectivity index (χ0v) is 87.7. The normalized spacial score (nSPS) is 9.66. The van der Waals surface area contributed by atoms with Crippen molar-refractivity contribution in [2.24, 2.45) is 0 Å². The molecule has 12 aromatic rings. The van der Waals surface area contributed by atoms with Crippen LogP contribution in [0, 0.1) is 0 Å². The molecule has 8 N–H and O–H groups in total. The number of hydroxylamine groups is 4. The van der Waals surface area contributed by atoms with Crippen LogP contribution in [-0.4, -0.2) is 181 Å². The van der Waals surface area contributed by atoms with Gasteiger partial charge in [-0.25, -0.2) is 41.1 Å². The van der Waals surface area contributed by atoms with Gasteiger partial charge in [0.2, 0.25) is 0 Å². The molecule has 0 atom stereocenters. The second-order valence-corrected chi connectivity index (χ2v) is 45.3. The molecule has 0 saturated heterocycles. The number of esters is 4. The fourth-order valence-corrected chi connectivity index (χ4v) is 25.7. The topological polar surface area (TPSA) is 331 Å². The Balaban J connectivity index is 0.000000300. The number of amides is 4. The third kappa shape index (κ3) is 33.4. The first-order chi connectivity index (χ1) is 59.2. The van der Waals surface area contributed by atoms with Crippen LogP contribution in [-0.2, 0) is 24.4 Å². The molecule has 640 valence electrons. The zero-order valence-electron chi connectivity index (χ0n) is 64.2. The second kappa shape index (κ2) is 58.6. The van der Waals surface area contributed by atoms with Crippen molar-refractivity contribution in [2.45, 2.75) is 0 Å². The van der Waals surface area contributed by atoms with Crippen molar-refractivity contribution < 1.29 is 83.6 Å². The summed E-state index contributed by atoms with van der Waals surface area (Å²) >= 11 is 90.4. The number of carbonyl (C=O) groups is 8. The Morgan fingerprint density at radius 3 is 0.400 bits per heavy atom. The predicted octanol–water partition coefficient (Wildman–Crippen LogP) is 18.1. The van der Waals surface area contributed by atoms with Gasteiger partial charge in [-0.05, 0) is 0 Å². The Morgan fingerprint density at radius 1 is 0.200 bits per heavy atom. The summed E-state index contributed by atoms with van der Waals surface area (Å²) in [6, 6.07) is 86.4. The maximum absolute atomic E-state index is 11.6. The van der Waals surface area contributed by atoms with Gasteiger partial charge in [0.15, 0.2) is 0 Å². The minimum atomic E-state index is -1.07. The van der Waals surface area contributed by atoms with E-state index in [9.17, 15) is 38.4 Å². The van der Waals surface area contributed by atoms with E-state index in [1.807, 2.05) is 0 Å². The zero-order chi connectivity index (χ0) is 91.9. The molecular formula is C84H60Cl16N4O17Sn4+6. The van der Waals surface area contributed by atoms with Crippen molar-refractivity contribution in [3.8, 4) is 0 Å². The molecule has 0 aliphatic carbocycles. The molecule has 12 aromatic carbocycles. The molecule has 12 rings (SSSR count). The van der Waals surface area contributed by atoms with Crippen molar-refractivity contribution >= 4 is 346 Å². The first kappa shape index (κ1) is 111. The Bertz CT molecular complexity index is 4620. The second-order valence-electron chi connectivity index (χ2n) is 23.2. The van der Waals surface area contributed by atoms with Crippen LogP contribution in [0.25, 0.3) is 0 Å². The maximum atomic E-state index is 11.6. The van der Waals surface area contributed by atoms with E-state index in [0.29, 0.717) is 0 Å². The van der Waals surface area contributed by atoms with Gasteiger partial charge in [-0.1, -0.05) is 186 Å². The molecule has 0 aliphatic heterocycles. The molecule has 0 bridgehead atoms. The van der Waals surface area contributed by atoms with Crippen LogP contribution in [0.3, 0.4) is 0 Å². The summed E-state index contributed by atoms with van der Waals surface area (Å²) in [7, 11) is 4.32. The quantitative estimate of drug-likeness (QED) is 0.00847. The van der Waals surface area contributed by atoms with Crippen molar-refractivity contribution in [3.05, 3.63) is 368 Å². The van der Waals surface area contributed by atoms with E-state index in [4.69, 9.17) is 206 Å². The van der Waals surface area contributed by atoms with Crippen LogP contribution in [0.2, 0.25) is 80.4 Å². The Labute approximate surface area is 837 Å². The van der Waals surface area contributed by atoms with Gasteiger partial charge >= 0.3 is 380 Å². The molecule has 4 amide bonds. The number of halogens is 16. The average Bonchev–Trinajstić information content (AvgIpc) is 0.790. The summed E-state index contributed by atoms with van der Waals surface area (Å²) in [6.07, 6.45) is 0. The van der Waals surface area contributed by atoms with E-state index in [2.05, 4.69) is 262 Å². The first-order valence-corrected chi connectivity index (χ1v) is 51.7. The van der Waals surface area contributed by atoms with Gasteiger partial charge < -0.3 is 24.4 Å². The number of carbonyl (C=O) groups excluding carboxylic acids is 8. The van der Waals surface area contributed by atoms with Crippen LogP contribution >= 0.6 is 186 Å². The van der Waals surface area contributed by atoms with E-state index >= 15 is 0 Å². The monoisotopic (exact) mass is 2440 g/mol. The van der Waals surface area contributed by atoms with E-state index in [0.717, 1.165) is 28.4 Å². The fourth-order valence-electron chi connectivity index (χ4n) is 9.62. The molecule has 0 aliphatic rings. The van der Waals surface area contributed by atoms with Gasteiger partial charge in [0.05, 0.1) is 153 Å². The van der Waals surface area contributed by atoms with Crippen LogP contribution < -0.4 is 50.6 Å². The van der Waals surface area contributed by atoms with E-state index in [-0.39, 0.29) is 108 Å². The molecule has 21 nitrogen and oxygen atoms in total. The van der Waals surface area contributed by atoms with E-state index in [1.54, 1.807) is 0 Å². The standard InChI is InChI=1S/4C9H5Cl4NO4.8C6H5.O.4Sn/c4*1-18-9(16)3-2(8(15)14-17)4(10)6(12)7(13)5(3)11;8*1-2-4-6-5-3-1;;;;;/h4*17H,1H3,(H,14,15);8*1-5H;;;;;/q;;;;;;;;;;;;-2;4*+2. The van der Waals surface area contributed by atoms with Crippen LogP contribution in [0.1, 0.15) is 82.9 Å².